The van der Waals surface area contributed by atoms with Gasteiger partial charge in [-0.3, -0.25) is 0 Å². The summed E-state index contributed by atoms with van der Waals surface area (Å²) in [5.41, 5.74) is 0. The second-order valence-corrected chi connectivity index (χ2v) is 8.43. The zero-order valence-electron chi connectivity index (χ0n) is 12.8. The van der Waals surface area contributed by atoms with Crippen LogP contribution in [-0.2, 0) is 3.79 Å². The van der Waals surface area contributed by atoms with E-state index in [9.17, 15) is 0 Å². The highest BCUT2D eigenvalue weighted by Crippen LogP contribution is 2.15. The van der Waals surface area contributed by atoms with Gasteiger partial charge in [-0.25, -0.2) is 0 Å². The van der Waals surface area contributed by atoms with E-state index in [1.54, 1.807) is 0 Å². The van der Waals surface area contributed by atoms with Gasteiger partial charge in [0.15, 0.2) is 0 Å². The first-order chi connectivity index (χ1) is 8.56. The highest BCUT2D eigenvalue weighted by atomic mass is 27.2. The molecule has 0 aliphatic rings. The van der Waals surface area contributed by atoms with Crippen molar-refractivity contribution in [2.24, 2.45) is 11.8 Å². The molecule has 0 aromatic rings. The van der Waals surface area contributed by atoms with Crippen LogP contribution in [0.4, 0.5) is 0 Å². The van der Waals surface area contributed by atoms with Gasteiger partial charge < -0.3 is 3.79 Å². The van der Waals surface area contributed by atoms with Gasteiger partial charge in [0, 0.05) is 6.61 Å². The molecule has 0 bridgehead atoms. The Labute approximate surface area is 119 Å². The van der Waals surface area contributed by atoms with E-state index in [-0.39, 0.29) is 0 Å². The quantitative estimate of drug-likeness (QED) is 0.283. The molecule has 0 aromatic heterocycles. The van der Waals surface area contributed by atoms with Gasteiger partial charge in [0.05, 0.1) is 0 Å². The summed E-state index contributed by atoms with van der Waals surface area (Å²) in [6, 6.07) is 0. The van der Waals surface area contributed by atoms with Crippen molar-refractivity contribution in [2.75, 3.05) is 6.61 Å². The topological polar surface area (TPSA) is 9.23 Å². The molecule has 0 atom stereocenters. The number of hydrogen-bond acceptors (Lipinski definition) is 1. The summed E-state index contributed by atoms with van der Waals surface area (Å²) in [4.78, 5) is 0. The summed E-state index contributed by atoms with van der Waals surface area (Å²) in [5.74, 6) is 1.55. The molecule has 0 heterocycles. The van der Waals surface area contributed by atoms with E-state index in [4.69, 9.17) is 3.79 Å². The maximum Gasteiger partial charge on any atom is 0.461 e. The van der Waals surface area contributed by atoms with Crippen molar-refractivity contribution in [3.05, 3.63) is 24.8 Å². The average Bonchev–Trinajstić information content (AvgIpc) is 2.26. The number of rotatable bonds is 11. The summed E-state index contributed by atoms with van der Waals surface area (Å²) in [7, 11) is 0. The molecule has 0 aromatic carbocycles. The van der Waals surface area contributed by atoms with E-state index in [2.05, 4.69) is 46.4 Å². The molecule has 104 valence electrons. The molecule has 2 heteroatoms. The summed E-state index contributed by atoms with van der Waals surface area (Å²) in [5, 5.41) is 2.62. The molecule has 0 unspecified atom stereocenters. The van der Waals surface area contributed by atoms with Crippen LogP contribution in [0.5, 0.6) is 0 Å². The van der Waals surface area contributed by atoms with Crippen LogP contribution in [0.15, 0.2) is 24.8 Å². The molecule has 0 N–H and O–H groups in total. The minimum Gasteiger partial charge on any atom is -0.498 e. The third-order valence-corrected chi connectivity index (χ3v) is 6.44. The van der Waals surface area contributed by atoms with Crippen LogP contribution in [0.1, 0.15) is 47.0 Å². The maximum absolute atomic E-state index is 6.10. The molecule has 0 radical (unpaired) electrons. The summed E-state index contributed by atoms with van der Waals surface area (Å²) >= 11 is -0.982. The van der Waals surface area contributed by atoms with Gasteiger partial charge in [-0.2, -0.15) is 0 Å². The predicted molar refractivity (Wildman–Crippen MR) is 84.2 cm³/mol. The monoisotopic (exact) mass is 266 g/mol. The molecule has 0 amide bonds. The Kier molecular flexibility index (Phi) is 12.0. The first-order valence-electron chi connectivity index (χ1n) is 7.43. The van der Waals surface area contributed by atoms with E-state index in [0.29, 0.717) is 0 Å². The van der Waals surface area contributed by atoms with E-state index < -0.39 is 14.5 Å². The number of hydrogen-bond donors (Lipinski definition) is 0. The average molecular weight is 266 g/mol. The van der Waals surface area contributed by atoms with Crippen molar-refractivity contribution >= 4 is 14.5 Å². The molecule has 0 spiro atoms. The highest BCUT2D eigenvalue weighted by Gasteiger charge is 2.22. The fraction of sp³-hybridized carbons (Fsp3) is 0.750. The van der Waals surface area contributed by atoms with E-state index in [1.807, 2.05) is 6.08 Å². The fourth-order valence-corrected chi connectivity index (χ4v) is 4.99. The highest BCUT2D eigenvalue weighted by molar-refractivity contribution is 6.51. The smallest absolute Gasteiger partial charge is 0.461 e. The van der Waals surface area contributed by atoms with Crippen LogP contribution in [0.2, 0.25) is 10.6 Å². The Morgan fingerprint density at radius 3 is 2.11 bits per heavy atom. The Hall–Kier alpha value is -0.0275. The molecule has 0 fully saturated rings. The summed E-state index contributed by atoms with van der Waals surface area (Å²) in [6.45, 7) is 13.8. The fourth-order valence-electron chi connectivity index (χ4n) is 2.04. The normalized spacial score (nSPS) is 11.7. The summed E-state index contributed by atoms with van der Waals surface area (Å²) in [6.07, 6.45) is 9.90. The van der Waals surface area contributed by atoms with Crippen LogP contribution >= 0.6 is 0 Å². The van der Waals surface area contributed by atoms with Gasteiger partial charge in [0.2, 0.25) is 0 Å². The molecular weight excluding hydrogens is 235 g/mol. The molecule has 0 aliphatic heterocycles. The second-order valence-electron chi connectivity index (χ2n) is 5.91. The third-order valence-electron chi connectivity index (χ3n) is 2.84. The van der Waals surface area contributed by atoms with E-state index in [0.717, 1.165) is 31.3 Å². The molecular formula is C16H31AlO. The summed E-state index contributed by atoms with van der Waals surface area (Å²) < 4.78 is 6.10. The zero-order chi connectivity index (χ0) is 13.8. The molecule has 1 nitrogen and oxygen atoms in total. The van der Waals surface area contributed by atoms with Crippen LogP contribution in [0.3, 0.4) is 0 Å². The lowest BCUT2D eigenvalue weighted by atomic mass is 10.2. The minimum absolute atomic E-state index is 0.775. The van der Waals surface area contributed by atoms with Crippen molar-refractivity contribution in [1.29, 1.82) is 0 Å². The second kappa shape index (κ2) is 12.0. The lowest BCUT2D eigenvalue weighted by Crippen LogP contribution is -2.22. The Bertz CT molecular complexity index is 211. The van der Waals surface area contributed by atoms with Gasteiger partial charge in [-0.05, 0) is 19.3 Å². The maximum atomic E-state index is 6.10. The third kappa shape index (κ3) is 12.4. The van der Waals surface area contributed by atoms with Gasteiger partial charge in [0.1, 0.15) is 0 Å². The predicted octanol–water partition coefficient (Wildman–Crippen LogP) is 5.22. The standard InChI is InChI=1S/C8H13O.2C4H9.Al/c1-2-3-4-5-6-7-8-9;2*1-4(2)3;/h2,6-7H,1,3-5,8H2;2*4H,1H2,2-3H3;/q-1;;;+1/b7-6+;;;. The Balaban J connectivity index is 3.77. The lowest BCUT2D eigenvalue weighted by Gasteiger charge is -2.15. The van der Waals surface area contributed by atoms with Crippen molar-refractivity contribution in [3.63, 3.8) is 0 Å². The van der Waals surface area contributed by atoms with Gasteiger partial charge >= 0.3 is 14.5 Å². The number of allylic oxidation sites excluding steroid dienone is 2. The molecule has 18 heavy (non-hydrogen) atoms. The molecule has 0 saturated carbocycles. The molecule has 0 rings (SSSR count). The lowest BCUT2D eigenvalue weighted by molar-refractivity contribution is 0.353. The van der Waals surface area contributed by atoms with E-state index >= 15 is 0 Å². The van der Waals surface area contributed by atoms with Crippen molar-refractivity contribution < 1.29 is 3.79 Å². The first kappa shape index (κ1) is 18.0. The van der Waals surface area contributed by atoms with Crippen LogP contribution in [0, 0.1) is 11.8 Å². The van der Waals surface area contributed by atoms with Gasteiger partial charge in [0.25, 0.3) is 0 Å². The molecule has 0 saturated heterocycles. The molecule has 0 aliphatic carbocycles. The van der Waals surface area contributed by atoms with Crippen LogP contribution < -0.4 is 0 Å². The van der Waals surface area contributed by atoms with Crippen molar-refractivity contribution in [2.45, 2.75) is 57.5 Å². The largest absolute Gasteiger partial charge is 0.498 e. The Morgan fingerprint density at radius 2 is 1.61 bits per heavy atom. The van der Waals surface area contributed by atoms with Gasteiger partial charge in [-0.1, -0.05) is 68.3 Å². The SMILES string of the molecule is C=CCCC/C=C/C[O][Al]([CH2]C(C)C)[CH2]C(C)C. The first-order valence-corrected chi connectivity index (χ1v) is 9.54. The Morgan fingerprint density at radius 1 is 1.00 bits per heavy atom. The van der Waals surface area contributed by atoms with Gasteiger partial charge in [-0.15, -0.1) is 6.58 Å². The van der Waals surface area contributed by atoms with Crippen molar-refractivity contribution in [1.82, 2.24) is 0 Å². The minimum atomic E-state index is -0.982. The van der Waals surface area contributed by atoms with Crippen molar-refractivity contribution in [3.8, 4) is 0 Å². The van der Waals surface area contributed by atoms with E-state index in [1.165, 1.54) is 17.0 Å². The number of unbranched alkanes of at least 4 members (excludes halogenated alkanes) is 2. The zero-order valence-corrected chi connectivity index (χ0v) is 14.0. The van der Waals surface area contributed by atoms with Crippen LogP contribution in [0.25, 0.3) is 0 Å². The van der Waals surface area contributed by atoms with Crippen LogP contribution in [-0.4, -0.2) is 21.1 Å².